The Balaban J connectivity index is 2.63. The molecule has 0 spiro atoms. The topological polar surface area (TPSA) is 22.2 Å². The van der Waals surface area contributed by atoms with E-state index in [9.17, 15) is 13.2 Å². The second-order valence-corrected chi connectivity index (χ2v) is 2.74. The van der Waals surface area contributed by atoms with Gasteiger partial charge in [-0.25, -0.2) is 4.52 Å². The fourth-order valence-corrected chi connectivity index (χ4v) is 1.14. The Hall–Kier alpha value is -1.46. The monoisotopic (exact) mass is 189 g/mol. The van der Waals surface area contributed by atoms with Crippen molar-refractivity contribution in [2.24, 2.45) is 7.05 Å². The second-order valence-electron chi connectivity index (χ2n) is 2.74. The molecule has 70 valence electrons. The van der Waals surface area contributed by atoms with Crippen LogP contribution in [0.2, 0.25) is 0 Å². The summed E-state index contributed by atoms with van der Waals surface area (Å²) in [5.41, 5.74) is -0.439. The van der Waals surface area contributed by atoms with Crippen LogP contribution in [0.5, 0.6) is 0 Å². The zero-order valence-corrected chi connectivity index (χ0v) is 6.71. The first-order valence-corrected chi connectivity index (χ1v) is 3.56. The van der Waals surface area contributed by atoms with Gasteiger partial charge in [0.15, 0.2) is 5.69 Å². The highest BCUT2D eigenvalue weighted by molar-refractivity contribution is 5.41. The molecule has 2 aromatic heterocycles. The van der Waals surface area contributed by atoms with Crippen LogP contribution >= 0.6 is 0 Å². The maximum absolute atomic E-state index is 12.2. The molecule has 0 aliphatic heterocycles. The zero-order chi connectivity index (χ0) is 9.64. The predicted molar refractivity (Wildman–Crippen MR) is 39.2 cm³/mol. The first kappa shape index (κ1) is 8.15. The van der Waals surface area contributed by atoms with Crippen molar-refractivity contribution in [1.82, 2.24) is 14.2 Å². The van der Waals surface area contributed by atoms with Crippen molar-refractivity contribution in [2.75, 3.05) is 0 Å². The van der Waals surface area contributed by atoms with Crippen LogP contribution in [0.1, 0.15) is 5.69 Å². The quantitative estimate of drug-likeness (QED) is 0.618. The second kappa shape index (κ2) is 2.27. The van der Waals surface area contributed by atoms with E-state index in [0.717, 1.165) is 6.07 Å². The first-order chi connectivity index (χ1) is 5.98. The maximum Gasteiger partial charge on any atom is 0.435 e. The van der Waals surface area contributed by atoms with E-state index >= 15 is 0 Å². The van der Waals surface area contributed by atoms with E-state index in [1.807, 2.05) is 0 Å². The Morgan fingerprint density at radius 2 is 2.00 bits per heavy atom. The van der Waals surface area contributed by atoms with Gasteiger partial charge in [0, 0.05) is 25.5 Å². The molecule has 2 heterocycles. The molecule has 6 heteroatoms. The van der Waals surface area contributed by atoms with Crippen molar-refractivity contribution >= 4 is 5.65 Å². The number of aryl methyl sites for hydroxylation is 1. The fourth-order valence-electron chi connectivity index (χ4n) is 1.14. The number of fused-ring (bicyclic) bond motifs is 1. The van der Waals surface area contributed by atoms with E-state index in [4.69, 9.17) is 0 Å². The minimum Gasteiger partial charge on any atom is -0.334 e. The molecule has 13 heavy (non-hydrogen) atoms. The van der Waals surface area contributed by atoms with Gasteiger partial charge in [-0.3, -0.25) is 0 Å². The molecule has 0 bridgehead atoms. The van der Waals surface area contributed by atoms with Gasteiger partial charge in [-0.2, -0.15) is 18.3 Å². The van der Waals surface area contributed by atoms with Gasteiger partial charge in [-0.05, 0) is 0 Å². The molecule has 0 aromatic carbocycles. The Kier molecular flexibility index (Phi) is 1.43. The SMILES string of the molecule is Cn1ccn2nc(C(F)(F)F)cc12. The summed E-state index contributed by atoms with van der Waals surface area (Å²) in [5, 5.41) is 3.38. The van der Waals surface area contributed by atoms with Crippen LogP contribution in [0, 0.1) is 0 Å². The minimum absolute atomic E-state index is 0.423. The molecule has 0 amide bonds. The van der Waals surface area contributed by atoms with Gasteiger partial charge in [0.25, 0.3) is 0 Å². The molecule has 0 aliphatic carbocycles. The molecule has 2 rings (SSSR count). The van der Waals surface area contributed by atoms with Crippen molar-refractivity contribution in [3.05, 3.63) is 24.2 Å². The Labute approximate surface area is 71.4 Å². The summed E-state index contributed by atoms with van der Waals surface area (Å²) in [4.78, 5) is 0. The van der Waals surface area contributed by atoms with Crippen LogP contribution in [0.4, 0.5) is 13.2 Å². The molecule has 3 nitrogen and oxygen atoms in total. The first-order valence-electron chi connectivity index (χ1n) is 3.56. The Morgan fingerprint density at radius 1 is 1.31 bits per heavy atom. The summed E-state index contributed by atoms with van der Waals surface area (Å²) in [6.07, 6.45) is -1.25. The molecular formula is C7H6F3N3. The van der Waals surface area contributed by atoms with Crippen LogP contribution in [-0.4, -0.2) is 14.2 Å². The lowest BCUT2D eigenvalue weighted by atomic mass is 10.4. The number of imidazole rings is 1. The van der Waals surface area contributed by atoms with Gasteiger partial charge in [-0.15, -0.1) is 0 Å². The Bertz CT molecular complexity index is 437. The number of halogens is 3. The molecule has 0 saturated heterocycles. The van der Waals surface area contributed by atoms with E-state index in [1.165, 1.54) is 10.7 Å². The van der Waals surface area contributed by atoms with Crippen LogP contribution in [0.15, 0.2) is 18.5 Å². The van der Waals surface area contributed by atoms with E-state index in [-0.39, 0.29) is 0 Å². The molecule has 0 N–H and O–H groups in total. The highest BCUT2D eigenvalue weighted by Gasteiger charge is 2.34. The summed E-state index contributed by atoms with van der Waals surface area (Å²) in [7, 11) is 1.66. The number of aromatic nitrogens is 3. The standard InChI is InChI=1S/C7H6F3N3/c1-12-2-3-13-6(12)4-5(11-13)7(8,9)10/h2-4H,1H3. The van der Waals surface area contributed by atoms with Crippen molar-refractivity contribution in [1.29, 1.82) is 0 Å². The molecule has 0 unspecified atom stereocenters. The third-order valence-corrected chi connectivity index (χ3v) is 1.80. The van der Waals surface area contributed by atoms with E-state index in [2.05, 4.69) is 5.10 Å². The predicted octanol–water partition coefficient (Wildman–Crippen LogP) is 1.69. The fraction of sp³-hybridized carbons (Fsp3) is 0.286. The highest BCUT2D eigenvalue weighted by Crippen LogP contribution is 2.28. The van der Waals surface area contributed by atoms with Crippen molar-refractivity contribution < 1.29 is 13.2 Å². The van der Waals surface area contributed by atoms with E-state index < -0.39 is 11.9 Å². The third kappa shape index (κ3) is 1.18. The molecule has 0 aliphatic rings. The van der Waals surface area contributed by atoms with Crippen molar-refractivity contribution in [3.8, 4) is 0 Å². The molecular weight excluding hydrogens is 183 g/mol. The van der Waals surface area contributed by atoms with Gasteiger partial charge < -0.3 is 4.57 Å². The lowest BCUT2D eigenvalue weighted by Gasteiger charge is -1.98. The molecule has 0 radical (unpaired) electrons. The van der Waals surface area contributed by atoms with Gasteiger partial charge in [0.1, 0.15) is 5.65 Å². The van der Waals surface area contributed by atoms with Crippen LogP contribution < -0.4 is 0 Å². The summed E-state index contributed by atoms with van der Waals surface area (Å²) in [6.45, 7) is 0. The molecule has 2 aromatic rings. The summed E-state index contributed by atoms with van der Waals surface area (Å²) in [6, 6.07) is 1.01. The average Bonchev–Trinajstić information content (AvgIpc) is 2.51. The van der Waals surface area contributed by atoms with Gasteiger partial charge >= 0.3 is 6.18 Å². The summed E-state index contributed by atoms with van der Waals surface area (Å²) < 4.78 is 39.2. The van der Waals surface area contributed by atoms with Crippen molar-refractivity contribution in [2.45, 2.75) is 6.18 Å². The molecule has 0 atom stereocenters. The lowest BCUT2D eigenvalue weighted by Crippen LogP contribution is -2.05. The van der Waals surface area contributed by atoms with Gasteiger partial charge in [0.05, 0.1) is 0 Å². The highest BCUT2D eigenvalue weighted by atomic mass is 19.4. The number of hydrogen-bond donors (Lipinski definition) is 0. The number of hydrogen-bond acceptors (Lipinski definition) is 1. The van der Waals surface area contributed by atoms with Crippen LogP contribution in [-0.2, 0) is 13.2 Å². The number of alkyl halides is 3. The number of nitrogens with zero attached hydrogens (tertiary/aromatic N) is 3. The van der Waals surface area contributed by atoms with E-state index in [0.29, 0.717) is 5.65 Å². The van der Waals surface area contributed by atoms with Crippen molar-refractivity contribution in [3.63, 3.8) is 0 Å². The normalized spacial score (nSPS) is 12.6. The summed E-state index contributed by atoms with van der Waals surface area (Å²) in [5.74, 6) is 0. The lowest BCUT2D eigenvalue weighted by molar-refractivity contribution is -0.141. The molecule has 0 saturated carbocycles. The zero-order valence-electron chi connectivity index (χ0n) is 6.71. The Morgan fingerprint density at radius 3 is 2.54 bits per heavy atom. The van der Waals surface area contributed by atoms with Gasteiger partial charge in [-0.1, -0.05) is 0 Å². The maximum atomic E-state index is 12.2. The minimum atomic E-state index is -4.37. The molecule has 0 fully saturated rings. The smallest absolute Gasteiger partial charge is 0.334 e. The largest absolute Gasteiger partial charge is 0.435 e. The van der Waals surface area contributed by atoms with Crippen LogP contribution in [0.25, 0.3) is 5.65 Å². The van der Waals surface area contributed by atoms with Gasteiger partial charge in [0.2, 0.25) is 0 Å². The average molecular weight is 189 g/mol. The number of rotatable bonds is 0. The summed E-state index contributed by atoms with van der Waals surface area (Å²) >= 11 is 0. The third-order valence-electron chi connectivity index (χ3n) is 1.80. The van der Waals surface area contributed by atoms with Crippen LogP contribution in [0.3, 0.4) is 0 Å². The van der Waals surface area contributed by atoms with E-state index in [1.54, 1.807) is 17.8 Å².